The molecule has 0 spiro atoms. The van der Waals surface area contributed by atoms with Crippen LogP contribution in [0.3, 0.4) is 0 Å². The number of hydrogen-bond donors (Lipinski definition) is 3. The molecule has 24 heavy (non-hydrogen) atoms. The Morgan fingerprint density at radius 1 is 0.875 bits per heavy atom. The standard InChI is InChI=1S/C17H13N3O4/c21-14(13-11-8-4-5-9-12(11)18-16(13)23)17(24)20-19-15(22)10-6-2-1-3-7-10/h1-9,13H,(H,18,23)(H,19,22)(H,20,24). The van der Waals surface area contributed by atoms with Crippen LogP contribution in [-0.2, 0) is 14.4 Å². The van der Waals surface area contributed by atoms with Crippen molar-refractivity contribution in [3.63, 3.8) is 0 Å². The normalized spacial score (nSPS) is 15.2. The van der Waals surface area contributed by atoms with Gasteiger partial charge in [-0.3, -0.25) is 30.0 Å². The average molecular weight is 323 g/mol. The molecule has 7 heteroatoms. The fourth-order valence-corrected chi connectivity index (χ4v) is 2.44. The minimum Gasteiger partial charge on any atom is -0.325 e. The molecule has 1 heterocycles. The highest BCUT2D eigenvalue weighted by Crippen LogP contribution is 2.32. The SMILES string of the molecule is O=C(NNC(=O)c1ccccc1)C(=O)C1C(=O)Nc2ccccc21. The van der Waals surface area contributed by atoms with E-state index in [1.165, 1.54) is 0 Å². The first-order valence-electron chi connectivity index (χ1n) is 7.17. The number of hydrazine groups is 1. The third-order valence-corrected chi connectivity index (χ3v) is 3.60. The summed E-state index contributed by atoms with van der Waals surface area (Å²) < 4.78 is 0. The predicted molar refractivity (Wildman–Crippen MR) is 84.9 cm³/mol. The molecule has 0 bridgehead atoms. The number of fused-ring (bicyclic) bond motifs is 1. The van der Waals surface area contributed by atoms with Crippen molar-refractivity contribution in [3.05, 3.63) is 65.7 Å². The molecular weight excluding hydrogens is 310 g/mol. The first-order valence-corrected chi connectivity index (χ1v) is 7.17. The van der Waals surface area contributed by atoms with Gasteiger partial charge in [0, 0.05) is 11.3 Å². The number of carbonyl (C=O) groups excluding carboxylic acids is 4. The third-order valence-electron chi connectivity index (χ3n) is 3.60. The van der Waals surface area contributed by atoms with Crippen molar-refractivity contribution in [1.29, 1.82) is 0 Å². The Hall–Kier alpha value is -3.48. The molecule has 3 rings (SSSR count). The number of anilines is 1. The quantitative estimate of drug-likeness (QED) is 0.440. The smallest absolute Gasteiger partial charge is 0.306 e. The molecule has 2 aromatic carbocycles. The van der Waals surface area contributed by atoms with E-state index in [1.54, 1.807) is 54.6 Å². The van der Waals surface area contributed by atoms with E-state index in [2.05, 4.69) is 10.7 Å². The van der Waals surface area contributed by atoms with Gasteiger partial charge in [-0.15, -0.1) is 0 Å². The van der Waals surface area contributed by atoms with E-state index >= 15 is 0 Å². The number of amides is 3. The van der Waals surface area contributed by atoms with E-state index in [1.807, 2.05) is 5.43 Å². The Kier molecular flexibility index (Phi) is 4.07. The number of Topliss-reactive ketones (excluding diaryl/α,β-unsaturated/α-hetero) is 1. The van der Waals surface area contributed by atoms with Gasteiger partial charge in [0.25, 0.3) is 5.91 Å². The fourth-order valence-electron chi connectivity index (χ4n) is 2.44. The Bertz CT molecular complexity index is 833. The van der Waals surface area contributed by atoms with Crippen molar-refractivity contribution in [2.45, 2.75) is 5.92 Å². The minimum absolute atomic E-state index is 0.328. The van der Waals surface area contributed by atoms with Crippen molar-refractivity contribution in [2.24, 2.45) is 0 Å². The molecule has 0 aromatic heterocycles. The molecule has 120 valence electrons. The van der Waals surface area contributed by atoms with Crippen LogP contribution in [0.5, 0.6) is 0 Å². The molecule has 1 unspecified atom stereocenters. The van der Waals surface area contributed by atoms with E-state index in [0.29, 0.717) is 16.8 Å². The molecule has 0 fully saturated rings. The summed E-state index contributed by atoms with van der Waals surface area (Å²) in [6.45, 7) is 0. The van der Waals surface area contributed by atoms with Gasteiger partial charge in [0.1, 0.15) is 5.92 Å². The van der Waals surface area contributed by atoms with Crippen molar-refractivity contribution >= 4 is 29.2 Å². The number of ketones is 1. The van der Waals surface area contributed by atoms with Gasteiger partial charge in [-0.25, -0.2) is 0 Å². The first kappa shape index (κ1) is 15.4. The van der Waals surface area contributed by atoms with E-state index < -0.39 is 29.4 Å². The van der Waals surface area contributed by atoms with Crippen molar-refractivity contribution in [2.75, 3.05) is 5.32 Å². The second-order valence-corrected chi connectivity index (χ2v) is 5.15. The molecule has 0 aliphatic carbocycles. The predicted octanol–water partition coefficient (Wildman–Crippen LogP) is 0.753. The van der Waals surface area contributed by atoms with Gasteiger partial charge in [-0.2, -0.15) is 0 Å². The van der Waals surface area contributed by atoms with E-state index in [-0.39, 0.29) is 0 Å². The molecule has 3 amide bonds. The van der Waals surface area contributed by atoms with Gasteiger partial charge in [-0.1, -0.05) is 36.4 Å². The molecule has 1 aliphatic rings. The van der Waals surface area contributed by atoms with Gasteiger partial charge in [0.2, 0.25) is 11.7 Å². The number of rotatable bonds is 3. The minimum atomic E-state index is -1.21. The second-order valence-electron chi connectivity index (χ2n) is 5.15. The van der Waals surface area contributed by atoms with Crippen LogP contribution in [0.1, 0.15) is 21.8 Å². The van der Waals surface area contributed by atoms with Crippen LogP contribution in [0.25, 0.3) is 0 Å². The van der Waals surface area contributed by atoms with Gasteiger partial charge in [-0.05, 0) is 23.8 Å². The highest BCUT2D eigenvalue weighted by Gasteiger charge is 2.39. The lowest BCUT2D eigenvalue weighted by Crippen LogP contribution is -2.46. The fraction of sp³-hybridized carbons (Fsp3) is 0.0588. The Morgan fingerprint density at radius 2 is 1.54 bits per heavy atom. The second kappa shape index (κ2) is 6.33. The first-order chi connectivity index (χ1) is 11.6. The lowest BCUT2D eigenvalue weighted by molar-refractivity contribution is -0.141. The monoisotopic (exact) mass is 323 g/mol. The zero-order chi connectivity index (χ0) is 17.1. The van der Waals surface area contributed by atoms with Gasteiger partial charge in [0.05, 0.1) is 0 Å². The van der Waals surface area contributed by atoms with Crippen LogP contribution < -0.4 is 16.2 Å². The molecule has 0 saturated heterocycles. The number of carbonyl (C=O) groups is 4. The molecule has 3 N–H and O–H groups in total. The summed E-state index contributed by atoms with van der Waals surface area (Å²) >= 11 is 0. The Labute approximate surface area is 137 Å². The maximum Gasteiger partial charge on any atom is 0.306 e. The summed E-state index contributed by atoms with van der Waals surface area (Å²) in [5.74, 6) is -4.34. The Morgan fingerprint density at radius 3 is 2.29 bits per heavy atom. The van der Waals surface area contributed by atoms with Crippen molar-refractivity contribution in [1.82, 2.24) is 10.9 Å². The van der Waals surface area contributed by atoms with Gasteiger partial charge >= 0.3 is 5.91 Å². The van der Waals surface area contributed by atoms with Crippen molar-refractivity contribution < 1.29 is 19.2 Å². The number of nitrogens with one attached hydrogen (secondary N) is 3. The van der Waals surface area contributed by atoms with E-state index in [4.69, 9.17) is 0 Å². The molecule has 2 aromatic rings. The average Bonchev–Trinajstić information content (AvgIpc) is 2.95. The summed E-state index contributed by atoms with van der Waals surface area (Å²) in [7, 11) is 0. The molecule has 1 atom stereocenters. The lowest BCUT2D eigenvalue weighted by Gasteiger charge is -2.09. The van der Waals surface area contributed by atoms with Crippen LogP contribution in [0, 0.1) is 0 Å². The van der Waals surface area contributed by atoms with Crippen LogP contribution in [-0.4, -0.2) is 23.5 Å². The summed E-state index contributed by atoms with van der Waals surface area (Å²) in [5, 5.41) is 2.55. The number of benzene rings is 2. The molecule has 1 aliphatic heterocycles. The topological polar surface area (TPSA) is 104 Å². The van der Waals surface area contributed by atoms with Crippen LogP contribution in [0.2, 0.25) is 0 Å². The largest absolute Gasteiger partial charge is 0.325 e. The highest BCUT2D eigenvalue weighted by molar-refractivity contribution is 6.44. The lowest BCUT2D eigenvalue weighted by atomic mass is 9.96. The maximum absolute atomic E-state index is 12.2. The van der Waals surface area contributed by atoms with Crippen LogP contribution in [0.15, 0.2) is 54.6 Å². The molecule has 0 radical (unpaired) electrons. The van der Waals surface area contributed by atoms with Crippen LogP contribution >= 0.6 is 0 Å². The number of para-hydroxylation sites is 1. The summed E-state index contributed by atoms with van der Waals surface area (Å²) in [5.41, 5.74) is 5.46. The van der Waals surface area contributed by atoms with Crippen LogP contribution in [0.4, 0.5) is 5.69 Å². The summed E-state index contributed by atoms with van der Waals surface area (Å²) in [4.78, 5) is 48.0. The Balaban J connectivity index is 1.67. The number of hydrogen-bond acceptors (Lipinski definition) is 4. The van der Waals surface area contributed by atoms with E-state index in [9.17, 15) is 19.2 Å². The zero-order valence-electron chi connectivity index (χ0n) is 12.4. The molecular formula is C17H13N3O4. The molecule has 0 saturated carbocycles. The van der Waals surface area contributed by atoms with Gasteiger partial charge < -0.3 is 5.32 Å². The van der Waals surface area contributed by atoms with Crippen molar-refractivity contribution in [3.8, 4) is 0 Å². The molecule has 7 nitrogen and oxygen atoms in total. The zero-order valence-corrected chi connectivity index (χ0v) is 12.4. The maximum atomic E-state index is 12.2. The van der Waals surface area contributed by atoms with E-state index in [0.717, 1.165) is 0 Å². The summed E-state index contributed by atoms with van der Waals surface area (Å²) in [6, 6.07) is 14.8. The van der Waals surface area contributed by atoms with Gasteiger partial charge in [0.15, 0.2) is 0 Å². The third kappa shape index (κ3) is 2.87. The summed E-state index contributed by atoms with van der Waals surface area (Å²) in [6.07, 6.45) is 0. The highest BCUT2D eigenvalue weighted by atomic mass is 16.2.